The number of amides is 1. The molecule has 5 nitrogen and oxygen atoms in total. The van der Waals surface area contributed by atoms with Gasteiger partial charge in [-0.1, -0.05) is 66.2 Å². The molecule has 1 amide bonds. The van der Waals surface area contributed by atoms with Gasteiger partial charge in [0.05, 0.1) is 18.8 Å². The van der Waals surface area contributed by atoms with Crippen LogP contribution in [0.3, 0.4) is 0 Å². The minimum absolute atomic E-state index is 0.110. The van der Waals surface area contributed by atoms with Gasteiger partial charge in [-0.25, -0.2) is 0 Å². The quantitative estimate of drug-likeness (QED) is 0.295. The lowest BCUT2D eigenvalue weighted by Crippen LogP contribution is -2.14. The van der Waals surface area contributed by atoms with E-state index < -0.39 is 0 Å². The molecule has 0 saturated heterocycles. The number of hydrogen-bond donors (Lipinski definition) is 1. The molecule has 0 radical (unpaired) electrons. The summed E-state index contributed by atoms with van der Waals surface area (Å²) in [5.41, 5.74) is 3.82. The van der Waals surface area contributed by atoms with Crippen molar-refractivity contribution in [1.82, 2.24) is 9.78 Å². The van der Waals surface area contributed by atoms with Crippen LogP contribution in [-0.4, -0.2) is 15.7 Å². The van der Waals surface area contributed by atoms with E-state index in [9.17, 15) is 4.79 Å². The number of ether oxygens (including phenoxy) is 1. The number of carbonyl (C=O) groups excluding carboxylic acids is 1. The Bertz CT molecular complexity index is 1230. The molecule has 1 heterocycles. The SMILES string of the molecule is Cn1cc(OCc2ccc(NC(=O)Cc3ccccc3Cl)cc2SCc2ccccc2)cn1. The van der Waals surface area contributed by atoms with E-state index >= 15 is 0 Å². The summed E-state index contributed by atoms with van der Waals surface area (Å²) in [7, 11) is 1.86. The number of rotatable bonds is 9. The number of aromatic nitrogens is 2. The van der Waals surface area contributed by atoms with Gasteiger partial charge >= 0.3 is 0 Å². The molecule has 0 atom stereocenters. The fourth-order valence-corrected chi connectivity index (χ4v) is 4.52. The van der Waals surface area contributed by atoms with Crippen molar-refractivity contribution >= 4 is 35.0 Å². The molecule has 168 valence electrons. The topological polar surface area (TPSA) is 56.1 Å². The molecule has 0 fully saturated rings. The lowest BCUT2D eigenvalue weighted by Gasteiger charge is -2.13. The van der Waals surface area contributed by atoms with E-state index in [-0.39, 0.29) is 12.3 Å². The van der Waals surface area contributed by atoms with Gasteiger partial charge in [0.15, 0.2) is 5.75 Å². The van der Waals surface area contributed by atoms with Crippen molar-refractivity contribution in [1.29, 1.82) is 0 Å². The second-order valence-electron chi connectivity index (χ2n) is 7.55. The van der Waals surface area contributed by atoms with Crippen LogP contribution in [0.2, 0.25) is 5.02 Å². The van der Waals surface area contributed by atoms with Gasteiger partial charge in [-0.3, -0.25) is 9.48 Å². The summed E-state index contributed by atoms with van der Waals surface area (Å²) in [6, 6.07) is 23.6. The van der Waals surface area contributed by atoms with Crippen LogP contribution in [0.5, 0.6) is 5.75 Å². The van der Waals surface area contributed by atoms with Crippen molar-refractivity contribution in [3.63, 3.8) is 0 Å². The Kier molecular flexibility index (Phi) is 7.70. The highest BCUT2D eigenvalue weighted by Gasteiger charge is 2.11. The second-order valence-corrected chi connectivity index (χ2v) is 8.98. The summed E-state index contributed by atoms with van der Waals surface area (Å²) in [6.07, 6.45) is 3.75. The second kappa shape index (κ2) is 11.1. The fraction of sp³-hybridized carbons (Fsp3) is 0.154. The smallest absolute Gasteiger partial charge is 0.228 e. The number of nitrogens with zero attached hydrogens (tertiary/aromatic N) is 2. The fourth-order valence-electron chi connectivity index (χ4n) is 3.28. The Hall–Kier alpha value is -3.22. The predicted octanol–water partition coefficient (Wildman–Crippen LogP) is 6.13. The molecule has 7 heteroatoms. The standard InChI is InChI=1S/C26H24ClN3O2S/c1-30-16-23(15-28-30)32-17-21-11-12-22(14-25(21)33-18-19-7-3-2-4-8-19)29-26(31)13-20-9-5-6-10-24(20)27/h2-12,14-16H,13,17-18H2,1H3,(H,29,31). The first kappa shape index (κ1) is 23.0. The van der Waals surface area contributed by atoms with E-state index in [1.165, 1.54) is 5.56 Å². The van der Waals surface area contributed by atoms with Crippen LogP contribution in [0.25, 0.3) is 0 Å². The summed E-state index contributed by atoms with van der Waals surface area (Å²) in [5.74, 6) is 1.42. The summed E-state index contributed by atoms with van der Waals surface area (Å²) < 4.78 is 7.63. The Labute approximate surface area is 202 Å². The Balaban J connectivity index is 1.48. The van der Waals surface area contributed by atoms with Crippen LogP contribution in [-0.2, 0) is 30.6 Å². The largest absolute Gasteiger partial charge is 0.486 e. The number of benzene rings is 3. The molecule has 0 aliphatic rings. The highest BCUT2D eigenvalue weighted by Crippen LogP contribution is 2.30. The van der Waals surface area contributed by atoms with Crippen molar-refractivity contribution in [2.75, 3.05) is 5.32 Å². The van der Waals surface area contributed by atoms with E-state index in [1.807, 2.05) is 67.8 Å². The van der Waals surface area contributed by atoms with Gasteiger partial charge in [0.2, 0.25) is 5.91 Å². The number of halogens is 1. The maximum Gasteiger partial charge on any atom is 0.228 e. The van der Waals surface area contributed by atoms with Crippen LogP contribution in [0.15, 0.2) is 90.1 Å². The summed E-state index contributed by atoms with van der Waals surface area (Å²) in [6.45, 7) is 0.413. The third kappa shape index (κ3) is 6.63. The van der Waals surface area contributed by atoms with Gasteiger partial charge in [0.1, 0.15) is 6.61 Å². The van der Waals surface area contributed by atoms with E-state index in [2.05, 4.69) is 22.5 Å². The Morgan fingerprint density at radius 2 is 1.85 bits per heavy atom. The van der Waals surface area contributed by atoms with E-state index in [0.29, 0.717) is 17.4 Å². The molecule has 0 unspecified atom stereocenters. The molecule has 33 heavy (non-hydrogen) atoms. The van der Waals surface area contributed by atoms with Crippen LogP contribution >= 0.6 is 23.4 Å². The Morgan fingerprint density at radius 3 is 2.61 bits per heavy atom. The van der Waals surface area contributed by atoms with E-state index in [0.717, 1.165) is 27.5 Å². The van der Waals surface area contributed by atoms with E-state index in [1.54, 1.807) is 28.7 Å². The molecular formula is C26H24ClN3O2S. The van der Waals surface area contributed by atoms with Gasteiger partial charge in [0, 0.05) is 34.0 Å². The van der Waals surface area contributed by atoms with Gasteiger partial charge in [0.25, 0.3) is 0 Å². The van der Waals surface area contributed by atoms with E-state index in [4.69, 9.17) is 16.3 Å². The molecule has 0 aliphatic heterocycles. The van der Waals surface area contributed by atoms with Gasteiger partial charge in [-0.05, 0) is 29.3 Å². The zero-order valence-electron chi connectivity index (χ0n) is 18.2. The summed E-state index contributed by atoms with van der Waals surface area (Å²) in [4.78, 5) is 13.7. The number of thioether (sulfide) groups is 1. The first-order chi connectivity index (χ1) is 16.1. The highest BCUT2D eigenvalue weighted by atomic mass is 35.5. The molecule has 0 aliphatic carbocycles. The van der Waals surface area contributed by atoms with Crippen LogP contribution in [0.4, 0.5) is 5.69 Å². The predicted molar refractivity (Wildman–Crippen MR) is 134 cm³/mol. The third-order valence-electron chi connectivity index (χ3n) is 4.97. The van der Waals surface area contributed by atoms with Crippen molar-refractivity contribution in [2.24, 2.45) is 7.05 Å². The van der Waals surface area contributed by atoms with Crippen molar-refractivity contribution in [2.45, 2.75) is 23.7 Å². The summed E-state index contributed by atoms with van der Waals surface area (Å²) >= 11 is 7.92. The number of aryl methyl sites for hydroxylation is 1. The minimum atomic E-state index is -0.110. The van der Waals surface area contributed by atoms with Crippen LogP contribution in [0.1, 0.15) is 16.7 Å². The average molecular weight is 478 g/mol. The molecule has 3 aromatic carbocycles. The summed E-state index contributed by atoms with van der Waals surface area (Å²) in [5, 5.41) is 7.73. The molecule has 4 aromatic rings. The molecule has 1 aromatic heterocycles. The zero-order valence-corrected chi connectivity index (χ0v) is 19.8. The number of nitrogens with one attached hydrogen (secondary N) is 1. The monoisotopic (exact) mass is 477 g/mol. The number of hydrogen-bond acceptors (Lipinski definition) is 4. The zero-order chi connectivity index (χ0) is 23.0. The van der Waals surface area contributed by atoms with Crippen LogP contribution < -0.4 is 10.1 Å². The number of carbonyl (C=O) groups is 1. The third-order valence-corrected chi connectivity index (χ3v) is 6.51. The van der Waals surface area contributed by atoms with Crippen molar-refractivity contribution in [3.8, 4) is 5.75 Å². The highest BCUT2D eigenvalue weighted by molar-refractivity contribution is 7.98. The van der Waals surface area contributed by atoms with Gasteiger partial charge in [-0.15, -0.1) is 11.8 Å². The van der Waals surface area contributed by atoms with Crippen molar-refractivity contribution < 1.29 is 9.53 Å². The lowest BCUT2D eigenvalue weighted by atomic mass is 10.1. The maximum absolute atomic E-state index is 12.6. The lowest BCUT2D eigenvalue weighted by molar-refractivity contribution is -0.115. The average Bonchev–Trinajstić information content (AvgIpc) is 3.24. The first-order valence-corrected chi connectivity index (χ1v) is 11.9. The Morgan fingerprint density at radius 1 is 1.06 bits per heavy atom. The first-order valence-electron chi connectivity index (χ1n) is 10.5. The minimum Gasteiger partial charge on any atom is -0.486 e. The van der Waals surface area contributed by atoms with Gasteiger partial charge in [-0.2, -0.15) is 5.10 Å². The molecule has 0 bridgehead atoms. The molecule has 0 spiro atoms. The van der Waals surface area contributed by atoms with Gasteiger partial charge < -0.3 is 10.1 Å². The van der Waals surface area contributed by atoms with Crippen LogP contribution in [0, 0.1) is 0 Å². The molecule has 4 rings (SSSR count). The molecule has 1 N–H and O–H groups in total. The normalized spacial score (nSPS) is 10.7. The maximum atomic E-state index is 12.6. The van der Waals surface area contributed by atoms with Crippen molar-refractivity contribution in [3.05, 3.63) is 107 Å². The molecular weight excluding hydrogens is 454 g/mol. The number of anilines is 1. The molecule has 0 saturated carbocycles.